The second-order valence-corrected chi connectivity index (χ2v) is 7.98. The Hall–Kier alpha value is -3.17. The van der Waals surface area contributed by atoms with E-state index in [-0.39, 0.29) is 30.1 Å². The Morgan fingerprint density at radius 1 is 1.32 bits per heavy atom. The molecule has 1 fully saturated rings. The third-order valence-corrected chi connectivity index (χ3v) is 5.63. The zero-order chi connectivity index (χ0) is 22.2. The summed E-state index contributed by atoms with van der Waals surface area (Å²) in [5.74, 6) is -0.815. The number of guanidine groups is 1. The minimum absolute atomic E-state index is 0.0593. The van der Waals surface area contributed by atoms with Gasteiger partial charge in [0.2, 0.25) is 11.8 Å². The van der Waals surface area contributed by atoms with Crippen molar-refractivity contribution in [3.05, 3.63) is 30.1 Å². The second-order valence-electron chi connectivity index (χ2n) is 7.98. The first-order valence-electron chi connectivity index (χ1n) is 10.7. The molecule has 1 aromatic rings. The molecule has 168 valence electrons. The predicted octanol–water partition coefficient (Wildman–Crippen LogP) is 0.137. The highest BCUT2D eigenvalue weighted by Gasteiger charge is 2.31. The Morgan fingerprint density at radius 3 is 2.71 bits per heavy atom. The van der Waals surface area contributed by atoms with Gasteiger partial charge in [0.15, 0.2) is 5.96 Å². The fraction of sp³-hybridized carbons (Fsp3) is 0.571. The van der Waals surface area contributed by atoms with Crippen molar-refractivity contribution < 1.29 is 19.5 Å². The number of aliphatic imine (C=N–C) groups is 1. The van der Waals surface area contributed by atoms with Gasteiger partial charge in [-0.3, -0.25) is 24.4 Å². The topological polar surface area (TPSA) is 136 Å². The first kappa shape index (κ1) is 22.5. The van der Waals surface area contributed by atoms with Crippen LogP contribution in [0.2, 0.25) is 0 Å². The molecule has 2 aliphatic heterocycles. The maximum Gasteiger partial charge on any atom is 0.305 e. The van der Waals surface area contributed by atoms with E-state index in [2.05, 4.69) is 25.9 Å². The highest BCUT2D eigenvalue weighted by Crippen LogP contribution is 2.22. The molecule has 0 aliphatic carbocycles. The van der Waals surface area contributed by atoms with Crippen LogP contribution in [0, 0.1) is 11.8 Å². The number of carboxylic acids is 1. The van der Waals surface area contributed by atoms with Gasteiger partial charge in [-0.05, 0) is 24.5 Å². The molecule has 0 spiro atoms. The van der Waals surface area contributed by atoms with Crippen LogP contribution in [0.3, 0.4) is 0 Å². The van der Waals surface area contributed by atoms with Crippen LogP contribution in [0.5, 0.6) is 0 Å². The fourth-order valence-corrected chi connectivity index (χ4v) is 3.83. The third kappa shape index (κ3) is 6.40. The maximum absolute atomic E-state index is 12.8. The zero-order valence-corrected chi connectivity index (χ0v) is 17.7. The van der Waals surface area contributed by atoms with Gasteiger partial charge in [0.1, 0.15) is 0 Å². The monoisotopic (exact) mass is 430 g/mol. The lowest BCUT2D eigenvalue weighted by molar-refractivity contribution is -0.140. The molecule has 0 aromatic carbocycles. The van der Waals surface area contributed by atoms with Gasteiger partial charge in [-0.25, -0.2) is 0 Å². The number of nitrogens with one attached hydrogen (secondary N) is 3. The van der Waals surface area contributed by atoms with Crippen LogP contribution in [0.25, 0.3) is 0 Å². The number of nitrogens with zero attached hydrogens (tertiary/aromatic N) is 3. The normalized spacial score (nSPS) is 18.5. The summed E-state index contributed by atoms with van der Waals surface area (Å²) < 4.78 is 0. The average Bonchev–Trinajstić information content (AvgIpc) is 3.30. The summed E-state index contributed by atoms with van der Waals surface area (Å²) in [4.78, 5) is 46.8. The van der Waals surface area contributed by atoms with E-state index < -0.39 is 12.0 Å². The van der Waals surface area contributed by atoms with Gasteiger partial charge in [-0.2, -0.15) is 0 Å². The van der Waals surface area contributed by atoms with Gasteiger partial charge in [-0.15, -0.1) is 0 Å². The van der Waals surface area contributed by atoms with Crippen molar-refractivity contribution in [2.45, 2.75) is 32.2 Å². The second kappa shape index (κ2) is 10.7. The maximum atomic E-state index is 12.8. The highest BCUT2D eigenvalue weighted by molar-refractivity contribution is 5.84. The smallest absolute Gasteiger partial charge is 0.305 e. The summed E-state index contributed by atoms with van der Waals surface area (Å²) in [5, 5.41) is 18.3. The van der Waals surface area contributed by atoms with Crippen LogP contribution >= 0.6 is 0 Å². The number of carbonyl (C=O) groups is 3. The Morgan fingerprint density at radius 2 is 2.10 bits per heavy atom. The van der Waals surface area contributed by atoms with Gasteiger partial charge >= 0.3 is 5.97 Å². The Labute approximate surface area is 181 Å². The van der Waals surface area contributed by atoms with Crippen LogP contribution in [0.15, 0.2) is 29.5 Å². The number of aliphatic carboxylic acids is 1. The highest BCUT2D eigenvalue weighted by atomic mass is 16.4. The Bertz CT molecular complexity index is 807. The standard InChI is InChI=1S/C21H30N6O4/c1-14(12-25-21-23-7-8-24-21)20(31)27-9-4-15(5-10-27)19(30)26-17(11-18(28)29)16-3-2-6-22-13-16/h2-3,6,13-15,17H,4-5,7-12H2,1H3,(H,26,30)(H,28,29)(H2,23,24,25)/t14?,17-/m0/s1. The number of likely N-dealkylation sites (tertiary alicyclic amines) is 1. The summed E-state index contributed by atoms with van der Waals surface area (Å²) in [6.45, 7) is 4.97. The van der Waals surface area contributed by atoms with Gasteiger partial charge in [0, 0.05) is 44.5 Å². The van der Waals surface area contributed by atoms with Crippen LogP contribution in [0.1, 0.15) is 37.8 Å². The molecule has 2 atom stereocenters. The van der Waals surface area contributed by atoms with Gasteiger partial charge in [0.05, 0.1) is 24.9 Å². The lowest BCUT2D eigenvalue weighted by atomic mass is 9.94. The lowest BCUT2D eigenvalue weighted by Gasteiger charge is -2.33. The van der Waals surface area contributed by atoms with E-state index in [9.17, 15) is 19.5 Å². The number of rotatable bonds is 8. The number of hydrogen-bond donors (Lipinski definition) is 4. The number of piperidine rings is 1. The van der Waals surface area contributed by atoms with Crippen molar-refractivity contribution in [2.75, 3.05) is 32.7 Å². The van der Waals surface area contributed by atoms with Crippen molar-refractivity contribution in [3.8, 4) is 0 Å². The summed E-state index contributed by atoms with van der Waals surface area (Å²) in [5.41, 5.74) is 0.661. The van der Waals surface area contributed by atoms with Gasteiger partial charge in [0.25, 0.3) is 0 Å². The van der Waals surface area contributed by atoms with Crippen molar-refractivity contribution in [1.29, 1.82) is 0 Å². The minimum Gasteiger partial charge on any atom is -0.481 e. The molecular weight excluding hydrogens is 400 g/mol. The summed E-state index contributed by atoms with van der Waals surface area (Å²) in [6.07, 6.45) is 4.07. The van der Waals surface area contributed by atoms with Crippen molar-refractivity contribution in [2.24, 2.45) is 16.8 Å². The van der Waals surface area contributed by atoms with Crippen LogP contribution < -0.4 is 16.0 Å². The van der Waals surface area contributed by atoms with E-state index in [4.69, 9.17) is 0 Å². The molecule has 1 saturated heterocycles. The van der Waals surface area contributed by atoms with Crippen molar-refractivity contribution in [1.82, 2.24) is 25.8 Å². The van der Waals surface area contributed by atoms with E-state index in [0.717, 1.165) is 19.0 Å². The van der Waals surface area contributed by atoms with E-state index in [1.165, 1.54) is 0 Å². The molecule has 1 unspecified atom stereocenters. The lowest BCUT2D eigenvalue weighted by Crippen LogP contribution is -2.47. The first-order chi connectivity index (χ1) is 14.9. The van der Waals surface area contributed by atoms with Crippen LogP contribution in [-0.2, 0) is 14.4 Å². The quantitative estimate of drug-likeness (QED) is 0.460. The first-order valence-corrected chi connectivity index (χ1v) is 10.7. The molecule has 0 bridgehead atoms. The van der Waals surface area contributed by atoms with E-state index in [0.29, 0.717) is 38.0 Å². The number of pyridine rings is 1. The van der Waals surface area contributed by atoms with Crippen molar-refractivity contribution >= 4 is 23.7 Å². The summed E-state index contributed by atoms with van der Waals surface area (Å²) in [6, 6.07) is 2.84. The molecule has 1 aromatic heterocycles. The molecule has 3 rings (SSSR count). The predicted molar refractivity (Wildman–Crippen MR) is 114 cm³/mol. The van der Waals surface area contributed by atoms with E-state index >= 15 is 0 Å². The third-order valence-electron chi connectivity index (χ3n) is 5.63. The molecule has 4 N–H and O–H groups in total. The SMILES string of the molecule is CC(CNC1=NCCN1)C(=O)N1CCC(C(=O)N[C@@H](CC(=O)O)c2cccnc2)CC1. The molecule has 10 heteroatoms. The number of hydrogen-bond acceptors (Lipinski definition) is 7. The van der Waals surface area contributed by atoms with Crippen LogP contribution in [0.4, 0.5) is 0 Å². The minimum atomic E-state index is -0.990. The average molecular weight is 431 g/mol. The molecule has 31 heavy (non-hydrogen) atoms. The molecule has 10 nitrogen and oxygen atoms in total. The summed E-state index contributed by atoms with van der Waals surface area (Å²) >= 11 is 0. The van der Waals surface area contributed by atoms with E-state index in [1.54, 1.807) is 29.4 Å². The molecular formula is C21H30N6O4. The number of amides is 2. The Kier molecular flexibility index (Phi) is 7.80. The molecule has 0 saturated carbocycles. The number of carbonyl (C=O) groups excluding carboxylic acids is 2. The molecule has 2 aliphatic rings. The van der Waals surface area contributed by atoms with Gasteiger partial charge in [-0.1, -0.05) is 13.0 Å². The van der Waals surface area contributed by atoms with Crippen LogP contribution in [-0.4, -0.2) is 71.5 Å². The summed E-state index contributed by atoms with van der Waals surface area (Å²) in [7, 11) is 0. The molecule has 0 radical (unpaired) electrons. The van der Waals surface area contributed by atoms with E-state index in [1.807, 2.05) is 6.92 Å². The molecule has 2 amide bonds. The largest absolute Gasteiger partial charge is 0.481 e. The molecule has 3 heterocycles. The van der Waals surface area contributed by atoms with Crippen molar-refractivity contribution in [3.63, 3.8) is 0 Å². The Balaban J connectivity index is 1.48. The zero-order valence-electron chi connectivity index (χ0n) is 17.7. The van der Waals surface area contributed by atoms with Gasteiger partial charge < -0.3 is 26.0 Å². The number of carboxylic acid groups (broad SMARTS) is 1. The fourth-order valence-electron chi connectivity index (χ4n) is 3.83. The number of aromatic nitrogens is 1.